The van der Waals surface area contributed by atoms with Crippen molar-refractivity contribution in [3.05, 3.63) is 0 Å². The molecule has 0 aliphatic carbocycles. The molecule has 14 heteroatoms. The summed E-state index contributed by atoms with van der Waals surface area (Å²) in [5.41, 5.74) is 0. The van der Waals surface area contributed by atoms with Crippen LogP contribution in [0, 0.1) is 0 Å². The Bertz CT molecular complexity index is 662. The fraction of sp³-hybridized carbons (Fsp3) is 0.778. The molecule has 2 heterocycles. The number of hydrogen-bond acceptors (Lipinski definition) is 12. The molecule has 0 aromatic heterocycles. The number of hydrogen-bond donors (Lipinski definition) is 3. The van der Waals surface area contributed by atoms with Crippen LogP contribution in [-0.2, 0) is 38.5 Å². The van der Waals surface area contributed by atoms with E-state index in [2.05, 4.69) is 16.0 Å². The molecule has 182 valence electrons. The van der Waals surface area contributed by atoms with Crippen LogP contribution in [0.3, 0.4) is 0 Å². The van der Waals surface area contributed by atoms with E-state index in [4.69, 9.17) is 19.4 Å². The van der Waals surface area contributed by atoms with Gasteiger partial charge in [-0.25, -0.2) is 14.4 Å². The third-order valence-electron chi connectivity index (χ3n) is 4.55. The Balaban J connectivity index is 2.35. The molecule has 1 spiro atoms. The number of nitrogens with one attached hydrogen (secondary N) is 3. The lowest BCUT2D eigenvalue weighted by Crippen LogP contribution is -2.57. The second-order valence-electron chi connectivity index (χ2n) is 7.58. The van der Waals surface area contributed by atoms with Gasteiger partial charge in [0.05, 0.1) is 6.54 Å². The Kier molecular flexibility index (Phi) is 10.2. The van der Waals surface area contributed by atoms with Gasteiger partial charge in [-0.3, -0.25) is 14.6 Å². The average molecular weight is 461 g/mol. The molecule has 3 N–H and O–H groups in total. The van der Waals surface area contributed by atoms with Crippen LogP contribution in [0.25, 0.3) is 0 Å². The first-order valence-electron chi connectivity index (χ1n) is 10.5. The fourth-order valence-corrected chi connectivity index (χ4v) is 2.86. The Hall–Kier alpha value is -2.36. The first kappa shape index (κ1) is 25.9. The van der Waals surface area contributed by atoms with Gasteiger partial charge in [-0.1, -0.05) is 11.8 Å². The zero-order chi connectivity index (χ0) is 23.6. The predicted octanol–water partition coefficient (Wildman–Crippen LogP) is -2.93. The van der Waals surface area contributed by atoms with Gasteiger partial charge in [-0.2, -0.15) is 0 Å². The summed E-state index contributed by atoms with van der Waals surface area (Å²) in [7, 11) is 3.39. The fourth-order valence-electron chi connectivity index (χ4n) is 2.86. The molecular formula is C18H33N6O8+. The lowest BCUT2D eigenvalue weighted by Gasteiger charge is -2.26. The van der Waals surface area contributed by atoms with Crippen molar-refractivity contribution in [1.82, 2.24) is 25.8 Å². The predicted molar refractivity (Wildman–Crippen MR) is 107 cm³/mol. The van der Waals surface area contributed by atoms with Gasteiger partial charge in [-0.05, 0) is 14.1 Å². The molecule has 32 heavy (non-hydrogen) atoms. The van der Waals surface area contributed by atoms with Crippen LogP contribution < -0.4 is 16.0 Å². The Morgan fingerprint density at radius 3 is 2.16 bits per heavy atom. The lowest BCUT2D eigenvalue weighted by atomic mass is 10.3. The standard InChI is InChI=1S/C18H32N6O8/c1-4-15(25)21-10-14-9-19-5-7-22(2)12-17(27)31-24(29-14)30-16(26)11-20-6-8-23(3)13-18(28)32-24/h14,19-20H,4-13H2,1-3H3/p+1. The molecule has 0 aromatic rings. The molecule has 2 fully saturated rings. The summed E-state index contributed by atoms with van der Waals surface area (Å²) in [6.07, 6.45) is -0.625. The van der Waals surface area contributed by atoms with Crippen LogP contribution in [0.1, 0.15) is 13.3 Å². The van der Waals surface area contributed by atoms with Gasteiger partial charge in [0, 0.05) is 39.1 Å². The molecule has 0 radical (unpaired) electrons. The van der Waals surface area contributed by atoms with E-state index in [1.807, 2.05) is 0 Å². The van der Waals surface area contributed by atoms with Crippen molar-refractivity contribution < 1.29 is 43.7 Å². The average Bonchev–Trinajstić information content (AvgIpc) is 2.74. The topological polar surface area (TPSA) is 148 Å². The minimum absolute atomic E-state index is 0.0136. The molecule has 2 unspecified atom stereocenters. The van der Waals surface area contributed by atoms with Gasteiger partial charge in [0.1, 0.15) is 19.6 Å². The second kappa shape index (κ2) is 12.6. The quantitative estimate of drug-likeness (QED) is 0.370. The van der Waals surface area contributed by atoms with Gasteiger partial charge in [-0.15, -0.1) is 14.5 Å². The Morgan fingerprint density at radius 1 is 1.00 bits per heavy atom. The number of quaternary nitrogens is 1. The molecule has 0 bridgehead atoms. The van der Waals surface area contributed by atoms with E-state index >= 15 is 0 Å². The molecule has 2 saturated heterocycles. The van der Waals surface area contributed by atoms with E-state index in [-0.39, 0.29) is 45.1 Å². The molecule has 0 saturated carbocycles. The van der Waals surface area contributed by atoms with Crippen LogP contribution in [-0.4, -0.2) is 118 Å². The first-order valence-corrected chi connectivity index (χ1v) is 10.5. The Labute approximate surface area is 186 Å². The van der Waals surface area contributed by atoms with E-state index < -0.39 is 29.1 Å². The molecule has 2 atom stereocenters. The van der Waals surface area contributed by atoms with Gasteiger partial charge < -0.3 is 16.0 Å². The number of nitrogens with zero attached hydrogens (tertiary/aromatic N) is 3. The normalized spacial score (nSPS) is 28.0. The van der Waals surface area contributed by atoms with E-state index in [1.165, 1.54) is 0 Å². The van der Waals surface area contributed by atoms with Crippen molar-refractivity contribution in [3.63, 3.8) is 0 Å². The largest absolute Gasteiger partial charge is 0.396 e. The monoisotopic (exact) mass is 461 g/mol. The lowest BCUT2D eigenvalue weighted by molar-refractivity contribution is -1.45. The molecule has 2 rings (SSSR count). The molecule has 2 aliphatic heterocycles. The highest BCUT2D eigenvalue weighted by Gasteiger charge is 2.51. The van der Waals surface area contributed by atoms with Crippen LogP contribution in [0.5, 0.6) is 0 Å². The molecule has 1 amide bonds. The second-order valence-corrected chi connectivity index (χ2v) is 7.58. The summed E-state index contributed by atoms with van der Waals surface area (Å²) in [4.78, 5) is 74.0. The zero-order valence-electron chi connectivity index (χ0n) is 18.8. The number of carbonyl (C=O) groups excluding carboxylic acids is 4. The van der Waals surface area contributed by atoms with Gasteiger partial charge in [0.2, 0.25) is 5.91 Å². The maximum atomic E-state index is 12.6. The van der Waals surface area contributed by atoms with Crippen LogP contribution in [0.2, 0.25) is 0 Å². The summed E-state index contributed by atoms with van der Waals surface area (Å²) in [5, 5.41) is 6.79. The van der Waals surface area contributed by atoms with Crippen molar-refractivity contribution in [2.45, 2.75) is 19.4 Å². The van der Waals surface area contributed by atoms with Gasteiger partial charge in [0.25, 0.3) is 0 Å². The molecule has 2 aliphatic rings. The molecule has 14 nitrogen and oxygen atoms in total. The maximum absolute atomic E-state index is 12.6. The highest BCUT2D eigenvalue weighted by Crippen LogP contribution is 2.18. The summed E-state index contributed by atoms with van der Waals surface area (Å²) in [5.74, 6) is -2.80. The SMILES string of the molecule is CCC(=O)NCC1CNCCN(C)CC(=O)O[N+]2(OC(=O)CNCCN(C)CC(=O)O2)O1. The van der Waals surface area contributed by atoms with Gasteiger partial charge in [0.15, 0.2) is 6.10 Å². The highest BCUT2D eigenvalue weighted by molar-refractivity contribution is 5.75. The van der Waals surface area contributed by atoms with E-state index in [1.54, 1.807) is 30.8 Å². The smallest absolute Gasteiger partial charge is 0.353 e. The van der Waals surface area contributed by atoms with E-state index in [0.717, 1.165) is 0 Å². The third-order valence-corrected chi connectivity index (χ3v) is 4.55. The summed E-state index contributed by atoms with van der Waals surface area (Å²) in [6.45, 7) is 3.19. The third kappa shape index (κ3) is 9.02. The van der Waals surface area contributed by atoms with Crippen LogP contribution >= 0.6 is 0 Å². The van der Waals surface area contributed by atoms with Crippen LogP contribution in [0.4, 0.5) is 0 Å². The van der Waals surface area contributed by atoms with Gasteiger partial charge >= 0.3 is 23.0 Å². The van der Waals surface area contributed by atoms with Crippen molar-refractivity contribution in [2.75, 3.05) is 73.0 Å². The maximum Gasteiger partial charge on any atom is 0.396 e. The van der Waals surface area contributed by atoms with Crippen molar-refractivity contribution in [2.24, 2.45) is 0 Å². The summed E-state index contributed by atoms with van der Waals surface area (Å²) >= 11 is 0. The Morgan fingerprint density at radius 2 is 1.56 bits per heavy atom. The molecule has 0 aromatic carbocycles. The minimum atomic E-state index is -1.88. The van der Waals surface area contributed by atoms with Crippen molar-refractivity contribution >= 4 is 23.8 Å². The minimum Gasteiger partial charge on any atom is -0.353 e. The molecular weight excluding hydrogens is 428 g/mol. The number of carbonyl (C=O) groups is 4. The van der Waals surface area contributed by atoms with E-state index in [0.29, 0.717) is 26.2 Å². The van der Waals surface area contributed by atoms with Crippen LogP contribution in [0.15, 0.2) is 0 Å². The number of amides is 1. The number of rotatable bonds is 3. The summed E-state index contributed by atoms with van der Waals surface area (Å²) in [6, 6.07) is 0. The zero-order valence-corrected chi connectivity index (χ0v) is 18.8. The first-order chi connectivity index (χ1) is 15.2. The highest BCUT2D eigenvalue weighted by atomic mass is 17.4. The number of likely N-dealkylation sites (N-methyl/N-ethyl adjacent to an activating group) is 2. The van der Waals surface area contributed by atoms with E-state index in [9.17, 15) is 19.2 Å². The van der Waals surface area contributed by atoms with Crippen molar-refractivity contribution in [1.29, 1.82) is 0 Å². The summed E-state index contributed by atoms with van der Waals surface area (Å²) < 4.78 is 0. The van der Waals surface area contributed by atoms with Crippen molar-refractivity contribution in [3.8, 4) is 0 Å².